The molecule has 0 N–H and O–H groups in total. The summed E-state index contributed by atoms with van der Waals surface area (Å²) in [4.78, 5) is 11.8. The number of esters is 1. The SMILES string of the molecule is N#Cc1ccccc1OCC(=O)Oc1ccc(-c2nnco2)cc1. The zero-order valence-electron chi connectivity index (χ0n) is 12.4. The summed E-state index contributed by atoms with van der Waals surface area (Å²) in [5.74, 6) is 0.502. The van der Waals surface area contributed by atoms with Crippen LogP contribution in [-0.4, -0.2) is 22.8 Å². The minimum absolute atomic E-state index is 0.301. The second kappa shape index (κ2) is 7.07. The summed E-state index contributed by atoms with van der Waals surface area (Å²) in [6, 6.07) is 15.3. The summed E-state index contributed by atoms with van der Waals surface area (Å²) in [5.41, 5.74) is 1.07. The molecule has 0 saturated heterocycles. The van der Waals surface area contributed by atoms with Crippen molar-refractivity contribution in [3.63, 3.8) is 0 Å². The van der Waals surface area contributed by atoms with Crippen LogP contribution in [0.15, 0.2) is 59.3 Å². The predicted octanol–water partition coefficient (Wildman–Crippen LogP) is 2.59. The molecule has 118 valence electrons. The Bertz CT molecular complexity index is 868. The van der Waals surface area contributed by atoms with Crippen molar-refractivity contribution in [1.29, 1.82) is 5.26 Å². The largest absolute Gasteiger partial charge is 0.481 e. The molecule has 3 aromatic rings. The number of carbonyl (C=O) groups excluding carboxylic acids is 1. The number of rotatable bonds is 5. The van der Waals surface area contributed by atoms with E-state index in [1.165, 1.54) is 6.39 Å². The lowest BCUT2D eigenvalue weighted by molar-refractivity contribution is -0.136. The van der Waals surface area contributed by atoms with Gasteiger partial charge in [0.25, 0.3) is 0 Å². The molecule has 1 heterocycles. The Morgan fingerprint density at radius 1 is 1.17 bits per heavy atom. The number of nitriles is 1. The van der Waals surface area contributed by atoms with Gasteiger partial charge in [-0.05, 0) is 36.4 Å². The van der Waals surface area contributed by atoms with Crippen molar-refractivity contribution in [2.75, 3.05) is 6.61 Å². The second-order valence-corrected chi connectivity index (χ2v) is 4.64. The summed E-state index contributed by atoms with van der Waals surface area (Å²) in [5, 5.41) is 16.3. The summed E-state index contributed by atoms with van der Waals surface area (Å²) in [6.07, 6.45) is 1.24. The zero-order valence-corrected chi connectivity index (χ0v) is 12.4. The van der Waals surface area contributed by atoms with E-state index in [-0.39, 0.29) is 6.61 Å². The topological polar surface area (TPSA) is 98.2 Å². The number of aromatic nitrogens is 2. The van der Waals surface area contributed by atoms with Gasteiger partial charge in [0.05, 0.1) is 5.56 Å². The Balaban J connectivity index is 1.58. The number of carbonyl (C=O) groups is 1. The van der Waals surface area contributed by atoms with Crippen LogP contribution in [0.25, 0.3) is 11.5 Å². The molecule has 0 bridgehead atoms. The van der Waals surface area contributed by atoms with E-state index in [1.807, 2.05) is 6.07 Å². The molecule has 0 atom stereocenters. The first-order valence-corrected chi connectivity index (χ1v) is 6.95. The standard InChI is InChI=1S/C17H11N3O4/c18-9-13-3-1-2-4-15(13)22-10-16(21)24-14-7-5-12(6-8-14)17-20-19-11-23-17/h1-8,11H,10H2. The van der Waals surface area contributed by atoms with Gasteiger partial charge >= 0.3 is 5.97 Å². The first-order chi connectivity index (χ1) is 11.8. The van der Waals surface area contributed by atoms with Gasteiger partial charge in [-0.25, -0.2) is 4.79 Å². The van der Waals surface area contributed by atoms with Gasteiger partial charge in [-0.3, -0.25) is 0 Å². The smallest absolute Gasteiger partial charge is 0.349 e. The normalized spacial score (nSPS) is 9.96. The fourth-order valence-electron chi connectivity index (χ4n) is 1.95. The molecule has 7 nitrogen and oxygen atoms in total. The van der Waals surface area contributed by atoms with Crippen LogP contribution in [0.2, 0.25) is 0 Å². The van der Waals surface area contributed by atoms with Gasteiger partial charge in [-0.2, -0.15) is 5.26 Å². The minimum Gasteiger partial charge on any atom is -0.481 e. The summed E-state index contributed by atoms with van der Waals surface area (Å²) < 4.78 is 15.6. The predicted molar refractivity (Wildman–Crippen MR) is 82.0 cm³/mol. The molecule has 0 unspecified atom stereocenters. The molecule has 0 aliphatic rings. The highest BCUT2D eigenvalue weighted by Crippen LogP contribution is 2.20. The average Bonchev–Trinajstić information content (AvgIpc) is 3.15. The highest BCUT2D eigenvalue weighted by atomic mass is 16.6. The lowest BCUT2D eigenvalue weighted by Gasteiger charge is -2.08. The molecule has 0 aliphatic carbocycles. The highest BCUT2D eigenvalue weighted by molar-refractivity contribution is 5.74. The Labute approximate surface area is 137 Å². The Morgan fingerprint density at radius 2 is 1.96 bits per heavy atom. The van der Waals surface area contributed by atoms with Crippen LogP contribution >= 0.6 is 0 Å². The number of hydrogen-bond donors (Lipinski definition) is 0. The van der Waals surface area contributed by atoms with Crippen LogP contribution in [0.5, 0.6) is 11.5 Å². The van der Waals surface area contributed by atoms with E-state index in [4.69, 9.17) is 19.2 Å². The van der Waals surface area contributed by atoms with Crippen LogP contribution in [0.1, 0.15) is 5.56 Å². The number of nitrogens with zero attached hydrogens (tertiary/aromatic N) is 3. The summed E-state index contributed by atoms with van der Waals surface area (Å²) in [7, 11) is 0. The van der Waals surface area contributed by atoms with Crippen molar-refractivity contribution in [3.05, 3.63) is 60.5 Å². The molecule has 2 aromatic carbocycles. The maximum Gasteiger partial charge on any atom is 0.349 e. The summed E-state index contributed by atoms with van der Waals surface area (Å²) >= 11 is 0. The fourth-order valence-corrected chi connectivity index (χ4v) is 1.95. The number of benzene rings is 2. The lowest BCUT2D eigenvalue weighted by atomic mass is 10.2. The van der Waals surface area contributed by atoms with Crippen LogP contribution in [0.3, 0.4) is 0 Å². The number of hydrogen-bond acceptors (Lipinski definition) is 7. The molecule has 0 fully saturated rings. The lowest BCUT2D eigenvalue weighted by Crippen LogP contribution is -2.18. The first kappa shape index (κ1) is 15.2. The maximum absolute atomic E-state index is 11.8. The first-order valence-electron chi connectivity index (χ1n) is 6.95. The quantitative estimate of drug-likeness (QED) is 0.526. The molecule has 3 rings (SSSR count). The van der Waals surface area contributed by atoms with Gasteiger partial charge in [0.15, 0.2) is 6.61 Å². The van der Waals surface area contributed by atoms with E-state index in [9.17, 15) is 4.79 Å². The molecule has 0 saturated carbocycles. The third-order valence-corrected chi connectivity index (χ3v) is 3.05. The van der Waals surface area contributed by atoms with Crippen molar-refractivity contribution in [3.8, 4) is 29.0 Å². The van der Waals surface area contributed by atoms with Crippen LogP contribution in [-0.2, 0) is 4.79 Å². The summed E-state index contributed by atoms with van der Waals surface area (Å²) in [6.45, 7) is -0.301. The van der Waals surface area contributed by atoms with E-state index in [1.54, 1.807) is 48.5 Å². The zero-order chi connectivity index (χ0) is 16.8. The third-order valence-electron chi connectivity index (χ3n) is 3.05. The molecule has 24 heavy (non-hydrogen) atoms. The van der Waals surface area contributed by atoms with Crippen molar-refractivity contribution in [2.24, 2.45) is 0 Å². The Hall–Kier alpha value is -3.66. The molecule has 0 aliphatic heterocycles. The van der Waals surface area contributed by atoms with E-state index < -0.39 is 5.97 Å². The van der Waals surface area contributed by atoms with Crippen molar-refractivity contribution in [1.82, 2.24) is 10.2 Å². The maximum atomic E-state index is 11.8. The monoisotopic (exact) mass is 321 g/mol. The van der Waals surface area contributed by atoms with Gasteiger partial charge in [0.2, 0.25) is 12.3 Å². The molecular formula is C17H11N3O4. The molecule has 7 heteroatoms. The Kier molecular flexibility index (Phi) is 4.49. The second-order valence-electron chi connectivity index (χ2n) is 4.64. The van der Waals surface area contributed by atoms with E-state index in [2.05, 4.69) is 10.2 Å². The minimum atomic E-state index is -0.576. The van der Waals surface area contributed by atoms with E-state index in [0.717, 1.165) is 0 Å². The molecule has 0 radical (unpaired) electrons. The van der Waals surface area contributed by atoms with Gasteiger partial charge < -0.3 is 13.9 Å². The molecule has 0 amide bonds. The fraction of sp³-hybridized carbons (Fsp3) is 0.0588. The molecule has 1 aromatic heterocycles. The van der Waals surface area contributed by atoms with Crippen molar-refractivity contribution < 1.29 is 18.7 Å². The average molecular weight is 321 g/mol. The Morgan fingerprint density at radius 3 is 2.67 bits per heavy atom. The number of para-hydroxylation sites is 1. The van der Waals surface area contributed by atoms with Crippen LogP contribution < -0.4 is 9.47 Å². The van der Waals surface area contributed by atoms with Crippen molar-refractivity contribution in [2.45, 2.75) is 0 Å². The van der Waals surface area contributed by atoms with E-state index >= 15 is 0 Å². The van der Waals surface area contributed by atoms with Crippen LogP contribution in [0.4, 0.5) is 0 Å². The number of ether oxygens (including phenoxy) is 2. The molecule has 0 spiro atoms. The highest BCUT2D eigenvalue weighted by Gasteiger charge is 2.09. The van der Waals surface area contributed by atoms with Gasteiger partial charge in [0, 0.05) is 5.56 Å². The molecular weight excluding hydrogens is 310 g/mol. The van der Waals surface area contributed by atoms with Gasteiger partial charge in [0.1, 0.15) is 17.6 Å². The van der Waals surface area contributed by atoms with Crippen LogP contribution in [0, 0.1) is 11.3 Å². The van der Waals surface area contributed by atoms with E-state index in [0.29, 0.717) is 28.5 Å². The third kappa shape index (κ3) is 3.56. The van der Waals surface area contributed by atoms with Gasteiger partial charge in [-0.1, -0.05) is 12.1 Å². The van der Waals surface area contributed by atoms with Crippen molar-refractivity contribution >= 4 is 5.97 Å². The van der Waals surface area contributed by atoms with Gasteiger partial charge in [-0.15, -0.1) is 10.2 Å².